The Bertz CT molecular complexity index is 1930. The Labute approximate surface area is 284 Å². The van der Waals surface area contributed by atoms with Crippen molar-refractivity contribution >= 4 is 113 Å². The zero-order valence-electron chi connectivity index (χ0n) is 25.5. The van der Waals surface area contributed by atoms with Crippen molar-refractivity contribution in [3.63, 3.8) is 0 Å². The molecule has 0 atom stereocenters. The summed E-state index contributed by atoms with van der Waals surface area (Å²) in [6.45, 7) is 1.85. The number of hydrogen-bond acceptors (Lipinski definition) is 6. The smallest absolute Gasteiger partial charge is 0.261 e. The van der Waals surface area contributed by atoms with Gasteiger partial charge in [0.05, 0.1) is 22.3 Å². The number of halogens is 4. The van der Waals surface area contributed by atoms with Crippen LogP contribution < -0.4 is 0 Å². The summed E-state index contributed by atoms with van der Waals surface area (Å²) in [5.41, 5.74) is 1.12. The molecule has 0 bridgehead atoms. The van der Waals surface area contributed by atoms with Gasteiger partial charge in [-0.2, -0.15) is 0 Å². The van der Waals surface area contributed by atoms with Crippen LogP contribution in [0.15, 0.2) is 24.3 Å². The molecule has 0 unspecified atom stereocenters. The van der Waals surface area contributed by atoms with Gasteiger partial charge < -0.3 is 9.80 Å². The standard InChI is InChI=1S/C34H28Cl4N4O4/c1-39(2)7-5-9-41-31(43)15-11-19(35)25-27-21(37)13-17-24-18(34(46)42(33(17)45)10-6-8-40(3)4)14-22(38)28(30(24)27)26-20(36)12-16(32(41)44)23(15)29(25)26/h11-14H,5-10H2,1-4H3. The van der Waals surface area contributed by atoms with E-state index in [4.69, 9.17) is 46.4 Å². The topological polar surface area (TPSA) is 81.2 Å². The quantitative estimate of drug-likeness (QED) is 0.0953. The summed E-state index contributed by atoms with van der Waals surface area (Å²) in [5.74, 6) is -1.79. The lowest BCUT2D eigenvalue weighted by molar-refractivity contribution is 0.0590. The predicted molar refractivity (Wildman–Crippen MR) is 185 cm³/mol. The van der Waals surface area contributed by atoms with E-state index in [0.29, 0.717) is 69.0 Å². The summed E-state index contributed by atoms with van der Waals surface area (Å²) in [5, 5.41) is 4.54. The number of rotatable bonds is 8. The van der Waals surface area contributed by atoms with Gasteiger partial charge in [0.25, 0.3) is 23.6 Å². The number of hydrogen-bond donors (Lipinski definition) is 0. The molecule has 0 fully saturated rings. The number of imide groups is 2. The van der Waals surface area contributed by atoms with E-state index >= 15 is 0 Å². The van der Waals surface area contributed by atoms with Crippen LogP contribution in [0.2, 0.25) is 20.1 Å². The van der Waals surface area contributed by atoms with Gasteiger partial charge in [0.1, 0.15) is 0 Å². The average Bonchev–Trinajstić information content (AvgIpc) is 2.99. The van der Waals surface area contributed by atoms with Crippen molar-refractivity contribution in [1.82, 2.24) is 19.6 Å². The number of benzene rings is 5. The summed E-state index contributed by atoms with van der Waals surface area (Å²) >= 11 is 28.1. The number of amides is 4. The predicted octanol–water partition coefficient (Wildman–Crippen LogP) is 7.45. The van der Waals surface area contributed by atoms with Crippen LogP contribution in [0.1, 0.15) is 54.3 Å². The first-order valence-corrected chi connectivity index (χ1v) is 16.3. The molecule has 2 heterocycles. The minimum atomic E-state index is -0.447. The van der Waals surface area contributed by atoms with E-state index in [2.05, 4.69) is 0 Å². The Morgan fingerprint density at radius 3 is 0.957 bits per heavy atom. The van der Waals surface area contributed by atoms with Crippen molar-refractivity contribution in [2.75, 3.05) is 54.4 Å². The van der Waals surface area contributed by atoms with Crippen molar-refractivity contribution in [1.29, 1.82) is 0 Å². The van der Waals surface area contributed by atoms with Crippen molar-refractivity contribution in [2.45, 2.75) is 12.8 Å². The van der Waals surface area contributed by atoms with E-state index in [1.54, 1.807) is 24.3 Å². The fraction of sp³-hybridized carbons (Fsp3) is 0.294. The molecule has 46 heavy (non-hydrogen) atoms. The highest BCUT2D eigenvalue weighted by Gasteiger charge is 2.39. The highest BCUT2D eigenvalue weighted by molar-refractivity contribution is 6.56. The van der Waals surface area contributed by atoms with Crippen LogP contribution in [-0.2, 0) is 0 Å². The molecule has 2 aliphatic rings. The molecule has 0 saturated heterocycles. The Kier molecular flexibility index (Phi) is 7.63. The maximum absolute atomic E-state index is 13.8. The molecule has 7 rings (SSSR count). The van der Waals surface area contributed by atoms with Crippen molar-refractivity contribution < 1.29 is 19.2 Å². The first kappa shape index (κ1) is 31.4. The summed E-state index contributed by atoms with van der Waals surface area (Å²) in [4.78, 5) is 61.8. The summed E-state index contributed by atoms with van der Waals surface area (Å²) in [6, 6.07) is 6.26. The first-order valence-electron chi connectivity index (χ1n) is 14.8. The van der Waals surface area contributed by atoms with E-state index in [1.165, 1.54) is 9.80 Å². The highest BCUT2D eigenvalue weighted by Crippen LogP contribution is 2.53. The van der Waals surface area contributed by atoms with Crippen LogP contribution in [-0.4, -0.2) is 97.6 Å². The van der Waals surface area contributed by atoms with Crippen molar-refractivity contribution in [2.24, 2.45) is 0 Å². The highest BCUT2D eigenvalue weighted by atomic mass is 35.5. The lowest BCUT2D eigenvalue weighted by atomic mass is 9.82. The first-order chi connectivity index (χ1) is 21.8. The normalized spacial score (nSPS) is 15.1. The molecule has 4 amide bonds. The fourth-order valence-corrected chi connectivity index (χ4v) is 8.25. The molecule has 5 aromatic rings. The lowest BCUT2D eigenvalue weighted by Crippen LogP contribution is -2.41. The number of carbonyl (C=O) groups excluding carboxylic acids is 4. The Morgan fingerprint density at radius 1 is 0.457 bits per heavy atom. The Morgan fingerprint density at radius 2 is 0.717 bits per heavy atom. The van der Waals surface area contributed by atoms with E-state index in [1.807, 2.05) is 38.0 Å². The molecule has 0 radical (unpaired) electrons. The molecule has 5 aromatic carbocycles. The minimum Gasteiger partial charge on any atom is -0.309 e. The third-order valence-electron chi connectivity index (χ3n) is 8.99. The second kappa shape index (κ2) is 11.2. The largest absolute Gasteiger partial charge is 0.309 e. The van der Waals surface area contributed by atoms with Gasteiger partial charge in [-0.25, -0.2) is 0 Å². The average molecular weight is 698 g/mol. The number of nitrogens with zero attached hydrogens (tertiary/aromatic N) is 4. The van der Waals surface area contributed by atoms with Crippen LogP contribution in [0.25, 0.3) is 43.1 Å². The van der Waals surface area contributed by atoms with Gasteiger partial charge in [-0.3, -0.25) is 29.0 Å². The molecule has 236 valence electrons. The summed E-state index contributed by atoms with van der Waals surface area (Å²) in [6.07, 6.45) is 1.19. The van der Waals surface area contributed by atoms with Gasteiger partial charge in [0, 0.05) is 76.3 Å². The van der Waals surface area contributed by atoms with Gasteiger partial charge in [0.2, 0.25) is 0 Å². The van der Waals surface area contributed by atoms with Crippen LogP contribution in [0.5, 0.6) is 0 Å². The van der Waals surface area contributed by atoms with Gasteiger partial charge in [0.15, 0.2) is 0 Å². The van der Waals surface area contributed by atoms with Gasteiger partial charge in [-0.15, -0.1) is 0 Å². The molecule has 8 nitrogen and oxygen atoms in total. The molecule has 0 aliphatic carbocycles. The number of carbonyl (C=O) groups is 4. The van der Waals surface area contributed by atoms with Gasteiger partial charge >= 0.3 is 0 Å². The van der Waals surface area contributed by atoms with E-state index < -0.39 is 23.6 Å². The number of fused-ring (bicyclic) bond motifs is 2. The van der Waals surface area contributed by atoms with Crippen LogP contribution >= 0.6 is 46.4 Å². The van der Waals surface area contributed by atoms with E-state index in [-0.39, 0.29) is 55.4 Å². The zero-order chi connectivity index (χ0) is 32.9. The third-order valence-corrected chi connectivity index (χ3v) is 10.2. The third kappa shape index (κ3) is 4.42. The summed E-state index contributed by atoms with van der Waals surface area (Å²) < 4.78 is 0. The minimum absolute atomic E-state index is 0.219. The molecule has 2 aliphatic heterocycles. The molecule has 0 spiro atoms. The van der Waals surface area contributed by atoms with Gasteiger partial charge in [-0.05, 0) is 78.4 Å². The van der Waals surface area contributed by atoms with Crippen molar-refractivity contribution in [3.8, 4) is 0 Å². The van der Waals surface area contributed by atoms with Crippen molar-refractivity contribution in [3.05, 3.63) is 66.6 Å². The monoisotopic (exact) mass is 696 g/mol. The lowest BCUT2D eigenvalue weighted by Gasteiger charge is -2.31. The molecule has 0 N–H and O–H groups in total. The molecule has 0 saturated carbocycles. The maximum Gasteiger partial charge on any atom is 0.261 e. The second-order valence-corrected chi connectivity index (χ2v) is 14.1. The molecule has 0 aromatic heterocycles. The van der Waals surface area contributed by atoms with Gasteiger partial charge in [-0.1, -0.05) is 46.4 Å². The molecular weight excluding hydrogens is 670 g/mol. The Hall–Kier alpha value is -3.24. The Balaban J connectivity index is 1.54. The fourth-order valence-electron chi connectivity index (χ4n) is 7.06. The van der Waals surface area contributed by atoms with Crippen LogP contribution in [0.3, 0.4) is 0 Å². The zero-order valence-corrected chi connectivity index (χ0v) is 28.5. The maximum atomic E-state index is 13.8. The van der Waals surface area contributed by atoms with E-state index in [0.717, 1.165) is 0 Å². The van der Waals surface area contributed by atoms with Crippen LogP contribution in [0.4, 0.5) is 0 Å². The second-order valence-electron chi connectivity index (χ2n) is 12.5. The van der Waals surface area contributed by atoms with E-state index in [9.17, 15) is 19.2 Å². The van der Waals surface area contributed by atoms with Crippen LogP contribution in [0, 0.1) is 0 Å². The molecule has 12 heteroatoms. The SMILES string of the molecule is CN(C)CCCN1C(=O)c2cc(Cl)c3c4c(Cl)cc5c6c(cc(Cl)c(c7c(Cl)cc(c2c37)C1=O)c64)C(=O)N(CCCN(C)C)C5=O. The summed E-state index contributed by atoms with van der Waals surface area (Å²) in [7, 11) is 7.70. The molecular formula is C34H28Cl4N4O4.